The summed E-state index contributed by atoms with van der Waals surface area (Å²) in [6, 6.07) is 4.49. The number of carbonyl (C=O) groups is 1. The summed E-state index contributed by atoms with van der Waals surface area (Å²) in [5.41, 5.74) is 10.8. The number of benzene rings is 1. The van der Waals surface area contributed by atoms with E-state index in [0.717, 1.165) is 0 Å². The summed E-state index contributed by atoms with van der Waals surface area (Å²) in [6.07, 6.45) is 0. The molecule has 5 heteroatoms. The van der Waals surface area contributed by atoms with Gasteiger partial charge in [-0.15, -0.1) is 0 Å². The molecule has 88 valence electrons. The predicted octanol–water partition coefficient (Wildman–Crippen LogP) is 1.08. The molecule has 0 saturated heterocycles. The Morgan fingerprint density at radius 1 is 1.50 bits per heavy atom. The number of carboxylic acid groups (broad SMARTS) is 1. The van der Waals surface area contributed by atoms with Crippen molar-refractivity contribution in [3.8, 4) is 5.75 Å². The second-order valence-electron chi connectivity index (χ2n) is 4.13. The molecule has 0 bridgehead atoms. The van der Waals surface area contributed by atoms with Gasteiger partial charge in [0.1, 0.15) is 16.9 Å². The Kier molecular flexibility index (Phi) is 3.39. The minimum atomic E-state index is -1.07. The standard InChI is InChI=1S/C11H16N2O3/c1-11(2,6-12)16-9-4-3-7(13)5-8(9)10(14)15/h3-5H,6,12-13H2,1-2H3,(H,14,15). The van der Waals surface area contributed by atoms with Crippen LogP contribution in [0.5, 0.6) is 5.75 Å². The third-order valence-electron chi connectivity index (χ3n) is 2.11. The van der Waals surface area contributed by atoms with Crippen LogP contribution in [0.2, 0.25) is 0 Å². The topological polar surface area (TPSA) is 98.6 Å². The van der Waals surface area contributed by atoms with Gasteiger partial charge in [0.25, 0.3) is 0 Å². The summed E-state index contributed by atoms with van der Waals surface area (Å²) in [7, 11) is 0. The molecule has 0 fully saturated rings. The zero-order valence-electron chi connectivity index (χ0n) is 9.36. The first-order valence-corrected chi connectivity index (χ1v) is 4.87. The van der Waals surface area contributed by atoms with E-state index in [4.69, 9.17) is 21.3 Å². The highest BCUT2D eigenvalue weighted by Gasteiger charge is 2.21. The number of nitrogens with two attached hydrogens (primary N) is 2. The van der Waals surface area contributed by atoms with Crippen LogP contribution in [0, 0.1) is 0 Å². The van der Waals surface area contributed by atoms with Crippen molar-refractivity contribution in [2.75, 3.05) is 12.3 Å². The molecule has 5 nitrogen and oxygen atoms in total. The van der Waals surface area contributed by atoms with Gasteiger partial charge >= 0.3 is 5.97 Å². The maximum atomic E-state index is 11.0. The molecule has 0 atom stereocenters. The van der Waals surface area contributed by atoms with Gasteiger partial charge in [0.15, 0.2) is 0 Å². The van der Waals surface area contributed by atoms with Crippen molar-refractivity contribution in [3.63, 3.8) is 0 Å². The average Bonchev–Trinajstić information content (AvgIpc) is 2.20. The molecule has 0 spiro atoms. The Labute approximate surface area is 94.0 Å². The van der Waals surface area contributed by atoms with Crippen LogP contribution >= 0.6 is 0 Å². The summed E-state index contributed by atoms with van der Waals surface area (Å²) in [4.78, 5) is 11.0. The minimum absolute atomic E-state index is 0.0431. The van der Waals surface area contributed by atoms with E-state index < -0.39 is 11.6 Å². The normalized spacial score (nSPS) is 11.2. The van der Waals surface area contributed by atoms with E-state index in [0.29, 0.717) is 5.69 Å². The van der Waals surface area contributed by atoms with Crippen LogP contribution in [0.15, 0.2) is 18.2 Å². The van der Waals surface area contributed by atoms with Crippen LogP contribution < -0.4 is 16.2 Å². The van der Waals surface area contributed by atoms with Gasteiger partial charge < -0.3 is 21.3 Å². The Balaban J connectivity index is 3.09. The third-order valence-corrected chi connectivity index (χ3v) is 2.11. The zero-order valence-corrected chi connectivity index (χ0v) is 9.36. The fourth-order valence-corrected chi connectivity index (χ4v) is 1.14. The van der Waals surface area contributed by atoms with E-state index in [9.17, 15) is 4.79 Å². The lowest BCUT2D eigenvalue weighted by Crippen LogP contribution is -2.37. The zero-order chi connectivity index (χ0) is 12.3. The van der Waals surface area contributed by atoms with Gasteiger partial charge in [-0.1, -0.05) is 0 Å². The average molecular weight is 224 g/mol. The summed E-state index contributed by atoms with van der Waals surface area (Å²) in [6.45, 7) is 3.86. The number of hydrogen-bond acceptors (Lipinski definition) is 4. The number of ether oxygens (including phenoxy) is 1. The van der Waals surface area contributed by atoms with Crippen molar-refractivity contribution in [3.05, 3.63) is 23.8 Å². The van der Waals surface area contributed by atoms with Gasteiger partial charge in [-0.05, 0) is 32.0 Å². The molecule has 0 aliphatic heterocycles. The Morgan fingerprint density at radius 3 is 2.62 bits per heavy atom. The van der Waals surface area contributed by atoms with Gasteiger partial charge in [0.05, 0.1) is 0 Å². The maximum absolute atomic E-state index is 11.0. The van der Waals surface area contributed by atoms with Crippen LogP contribution in [-0.2, 0) is 0 Å². The Bertz CT molecular complexity index is 402. The van der Waals surface area contributed by atoms with Crippen LogP contribution in [0.25, 0.3) is 0 Å². The fourth-order valence-electron chi connectivity index (χ4n) is 1.14. The summed E-state index contributed by atoms with van der Waals surface area (Å²) < 4.78 is 5.54. The number of anilines is 1. The molecule has 0 aromatic heterocycles. The number of aromatic carboxylic acids is 1. The second kappa shape index (κ2) is 4.40. The lowest BCUT2D eigenvalue weighted by atomic mass is 10.1. The van der Waals surface area contributed by atoms with Crippen molar-refractivity contribution in [2.24, 2.45) is 5.73 Å². The monoisotopic (exact) mass is 224 g/mol. The molecule has 1 aromatic rings. The minimum Gasteiger partial charge on any atom is -0.486 e. The SMILES string of the molecule is CC(C)(CN)Oc1ccc(N)cc1C(=O)O. The molecular formula is C11H16N2O3. The first-order valence-electron chi connectivity index (χ1n) is 4.87. The van der Waals surface area contributed by atoms with Crippen molar-refractivity contribution >= 4 is 11.7 Å². The lowest BCUT2D eigenvalue weighted by molar-refractivity contribution is 0.0678. The van der Waals surface area contributed by atoms with Crippen molar-refractivity contribution < 1.29 is 14.6 Å². The van der Waals surface area contributed by atoms with Crippen molar-refractivity contribution in [1.82, 2.24) is 0 Å². The largest absolute Gasteiger partial charge is 0.486 e. The molecule has 0 heterocycles. The van der Waals surface area contributed by atoms with E-state index in [2.05, 4.69) is 0 Å². The van der Waals surface area contributed by atoms with Crippen LogP contribution in [0.4, 0.5) is 5.69 Å². The van der Waals surface area contributed by atoms with Gasteiger partial charge in [-0.2, -0.15) is 0 Å². The molecule has 0 aliphatic carbocycles. The van der Waals surface area contributed by atoms with Gasteiger partial charge in [0.2, 0.25) is 0 Å². The maximum Gasteiger partial charge on any atom is 0.339 e. The third kappa shape index (κ3) is 2.87. The molecule has 0 radical (unpaired) electrons. The molecule has 5 N–H and O–H groups in total. The molecule has 16 heavy (non-hydrogen) atoms. The molecular weight excluding hydrogens is 208 g/mol. The van der Waals surface area contributed by atoms with Crippen LogP contribution in [0.1, 0.15) is 24.2 Å². The Morgan fingerprint density at radius 2 is 2.12 bits per heavy atom. The van der Waals surface area contributed by atoms with Crippen LogP contribution in [-0.4, -0.2) is 23.2 Å². The molecule has 0 saturated carbocycles. The lowest BCUT2D eigenvalue weighted by Gasteiger charge is -2.25. The van der Waals surface area contributed by atoms with Crippen molar-refractivity contribution in [2.45, 2.75) is 19.4 Å². The van der Waals surface area contributed by atoms with Gasteiger partial charge in [-0.3, -0.25) is 0 Å². The highest BCUT2D eigenvalue weighted by atomic mass is 16.5. The number of rotatable bonds is 4. The predicted molar refractivity (Wildman–Crippen MR) is 61.6 cm³/mol. The fraction of sp³-hybridized carbons (Fsp3) is 0.364. The van der Waals surface area contributed by atoms with Crippen molar-refractivity contribution in [1.29, 1.82) is 0 Å². The van der Waals surface area contributed by atoms with Crippen LogP contribution in [0.3, 0.4) is 0 Å². The molecule has 0 amide bonds. The summed E-state index contributed by atoms with van der Waals surface area (Å²) in [5.74, 6) is -0.799. The number of carboxylic acids is 1. The quantitative estimate of drug-likeness (QED) is 0.665. The van der Waals surface area contributed by atoms with E-state index in [1.54, 1.807) is 19.9 Å². The molecule has 0 aliphatic rings. The number of nitrogen functional groups attached to an aromatic ring is 1. The smallest absolute Gasteiger partial charge is 0.339 e. The molecule has 1 rings (SSSR count). The highest BCUT2D eigenvalue weighted by molar-refractivity contribution is 5.92. The first-order chi connectivity index (χ1) is 7.35. The summed E-state index contributed by atoms with van der Waals surface area (Å²) in [5, 5.41) is 8.99. The summed E-state index contributed by atoms with van der Waals surface area (Å²) >= 11 is 0. The van der Waals surface area contributed by atoms with E-state index in [1.807, 2.05) is 0 Å². The highest BCUT2D eigenvalue weighted by Crippen LogP contribution is 2.25. The van der Waals surface area contributed by atoms with Gasteiger partial charge in [-0.25, -0.2) is 4.79 Å². The second-order valence-corrected chi connectivity index (χ2v) is 4.13. The molecule has 1 aromatic carbocycles. The first kappa shape index (κ1) is 12.3. The van der Waals surface area contributed by atoms with E-state index in [1.165, 1.54) is 12.1 Å². The van der Waals surface area contributed by atoms with Gasteiger partial charge in [0, 0.05) is 12.2 Å². The molecule has 0 unspecified atom stereocenters. The van der Waals surface area contributed by atoms with E-state index in [-0.39, 0.29) is 17.9 Å². The number of hydrogen-bond donors (Lipinski definition) is 3. The van der Waals surface area contributed by atoms with E-state index >= 15 is 0 Å². The Hall–Kier alpha value is -1.75.